The summed E-state index contributed by atoms with van der Waals surface area (Å²) in [6.45, 7) is 2.92. The van der Waals surface area contributed by atoms with Crippen molar-refractivity contribution in [3.05, 3.63) is 57.8 Å². The minimum absolute atomic E-state index is 0.138. The van der Waals surface area contributed by atoms with Crippen molar-refractivity contribution in [2.75, 3.05) is 36.6 Å². The molecule has 1 aromatic carbocycles. The predicted molar refractivity (Wildman–Crippen MR) is 114 cm³/mol. The minimum Gasteiger partial charge on any atom is -0.463 e. The summed E-state index contributed by atoms with van der Waals surface area (Å²) in [5.41, 5.74) is 4.45. The third kappa shape index (κ3) is 3.45. The Morgan fingerprint density at radius 1 is 1.17 bits per heavy atom. The second-order valence-electron chi connectivity index (χ2n) is 6.49. The molecule has 0 bridgehead atoms. The van der Waals surface area contributed by atoms with Crippen LogP contribution in [0.2, 0.25) is 0 Å². The van der Waals surface area contributed by atoms with Gasteiger partial charge in [-0.05, 0) is 23.6 Å². The summed E-state index contributed by atoms with van der Waals surface area (Å²) in [6, 6.07) is 9.07. The normalized spacial score (nSPS) is 14.8. The van der Waals surface area contributed by atoms with Gasteiger partial charge >= 0.3 is 0 Å². The molecule has 0 atom stereocenters. The lowest BCUT2D eigenvalue weighted by Crippen LogP contribution is -2.36. The molecule has 8 nitrogen and oxygen atoms in total. The van der Waals surface area contributed by atoms with Gasteiger partial charge in [0, 0.05) is 13.1 Å². The van der Waals surface area contributed by atoms with E-state index in [0.29, 0.717) is 35.7 Å². The topological polar surface area (TPSA) is 92.9 Å². The van der Waals surface area contributed by atoms with Crippen molar-refractivity contribution in [3.63, 3.8) is 0 Å². The van der Waals surface area contributed by atoms with Crippen molar-refractivity contribution in [2.45, 2.75) is 0 Å². The first-order valence-electron chi connectivity index (χ1n) is 9.17. The van der Waals surface area contributed by atoms with Crippen LogP contribution in [0.15, 0.2) is 56.3 Å². The number of nitrogens with one attached hydrogen (secondary N) is 1. The monoisotopic (exact) mass is 407 g/mol. The van der Waals surface area contributed by atoms with E-state index in [1.54, 1.807) is 29.5 Å². The number of benzene rings is 1. The highest BCUT2D eigenvalue weighted by Crippen LogP contribution is 2.30. The fourth-order valence-corrected chi connectivity index (χ4v) is 4.08. The van der Waals surface area contributed by atoms with Gasteiger partial charge in [-0.2, -0.15) is 10.1 Å². The van der Waals surface area contributed by atoms with Crippen molar-refractivity contribution in [1.29, 1.82) is 0 Å². The number of fused-ring (bicyclic) bond motifs is 2. The van der Waals surface area contributed by atoms with Gasteiger partial charge in [-0.3, -0.25) is 4.79 Å². The molecule has 1 saturated heterocycles. The molecule has 0 unspecified atom stereocenters. The molecule has 0 amide bonds. The number of hydrogen-bond acceptors (Lipinski definition) is 9. The van der Waals surface area contributed by atoms with Gasteiger partial charge in [-0.15, -0.1) is 11.3 Å². The Hall–Kier alpha value is -3.30. The van der Waals surface area contributed by atoms with Crippen LogP contribution in [-0.2, 0) is 4.74 Å². The molecule has 1 aliphatic heterocycles. The Morgan fingerprint density at radius 2 is 2.03 bits per heavy atom. The molecular formula is C20H17N5O3S. The number of thiophene rings is 1. The van der Waals surface area contributed by atoms with Crippen molar-refractivity contribution in [1.82, 2.24) is 9.97 Å². The number of hydrazone groups is 1. The molecule has 1 fully saturated rings. The highest BCUT2D eigenvalue weighted by molar-refractivity contribution is 7.17. The highest BCUT2D eigenvalue weighted by Gasteiger charge is 2.18. The smallest absolute Gasteiger partial charge is 0.246 e. The van der Waals surface area contributed by atoms with Crippen LogP contribution >= 0.6 is 11.3 Å². The fraction of sp³-hybridized carbons (Fsp3) is 0.200. The first-order valence-corrected chi connectivity index (χ1v) is 10.0. The molecule has 9 heteroatoms. The standard InChI is InChI=1S/C20H17N5O3S/c26-17-13(12-28-16-4-2-1-3-14(16)17)11-21-24-20-22-15-5-10-29-18(15)19(23-20)25-6-8-27-9-7-25/h1-5,10-12H,6-9H2,(H,22,23,24)/b21-11+. The Balaban J connectivity index is 1.43. The van der Waals surface area contributed by atoms with Gasteiger partial charge in [0.25, 0.3) is 0 Å². The molecule has 0 spiro atoms. The average Bonchev–Trinajstić information content (AvgIpc) is 3.24. The van der Waals surface area contributed by atoms with Crippen LogP contribution in [0.5, 0.6) is 0 Å². The molecule has 5 rings (SSSR count). The first-order chi connectivity index (χ1) is 14.3. The minimum atomic E-state index is -0.138. The summed E-state index contributed by atoms with van der Waals surface area (Å²) in [4.78, 5) is 23.9. The van der Waals surface area contributed by atoms with Crippen LogP contribution in [0.3, 0.4) is 0 Å². The second kappa shape index (κ2) is 7.61. The maximum absolute atomic E-state index is 12.5. The Kier molecular flexibility index (Phi) is 4.66. The van der Waals surface area contributed by atoms with E-state index in [9.17, 15) is 4.79 Å². The van der Waals surface area contributed by atoms with Crippen molar-refractivity contribution in [2.24, 2.45) is 5.10 Å². The Labute approximate surface area is 169 Å². The molecule has 3 aromatic heterocycles. The zero-order valence-electron chi connectivity index (χ0n) is 15.4. The quantitative estimate of drug-likeness (QED) is 0.410. The lowest BCUT2D eigenvalue weighted by molar-refractivity contribution is 0.122. The van der Waals surface area contributed by atoms with E-state index in [2.05, 4.69) is 25.4 Å². The van der Waals surface area contributed by atoms with E-state index in [1.165, 1.54) is 12.5 Å². The van der Waals surface area contributed by atoms with E-state index < -0.39 is 0 Å². The van der Waals surface area contributed by atoms with Gasteiger partial charge in [-0.1, -0.05) is 12.1 Å². The van der Waals surface area contributed by atoms with Gasteiger partial charge in [0.1, 0.15) is 11.8 Å². The number of ether oxygens (including phenoxy) is 1. The first kappa shape index (κ1) is 17.8. The third-order valence-electron chi connectivity index (χ3n) is 4.67. The van der Waals surface area contributed by atoms with E-state index >= 15 is 0 Å². The largest absolute Gasteiger partial charge is 0.463 e. The highest BCUT2D eigenvalue weighted by atomic mass is 32.1. The summed E-state index contributed by atoms with van der Waals surface area (Å²) in [5, 5.41) is 6.67. The summed E-state index contributed by atoms with van der Waals surface area (Å²) in [5.74, 6) is 1.25. The van der Waals surface area contributed by atoms with Crippen LogP contribution in [0.1, 0.15) is 5.56 Å². The summed E-state index contributed by atoms with van der Waals surface area (Å²) in [6.07, 6.45) is 2.83. The van der Waals surface area contributed by atoms with Crippen molar-refractivity contribution < 1.29 is 9.15 Å². The molecule has 1 aliphatic rings. The summed E-state index contributed by atoms with van der Waals surface area (Å²) < 4.78 is 12.0. The summed E-state index contributed by atoms with van der Waals surface area (Å²) in [7, 11) is 0. The van der Waals surface area contributed by atoms with Crippen LogP contribution in [0.25, 0.3) is 21.2 Å². The molecule has 0 saturated carbocycles. The zero-order valence-corrected chi connectivity index (χ0v) is 16.2. The molecule has 4 heterocycles. The van der Waals surface area contributed by atoms with Crippen LogP contribution in [0, 0.1) is 0 Å². The van der Waals surface area contributed by atoms with Gasteiger partial charge in [-0.25, -0.2) is 10.4 Å². The number of rotatable bonds is 4. The average molecular weight is 407 g/mol. The van der Waals surface area contributed by atoms with E-state index in [4.69, 9.17) is 9.15 Å². The lowest BCUT2D eigenvalue weighted by Gasteiger charge is -2.28. The molecule has 4 aromatic rings. The zero-order chi connectivity index (χ0) is 19.6. The maximum atomic E-state index is 12.5. The lowest BCUT2D eigenvalue weighted by atomic mass is 10.2. The van der Waals surface area contributed by atoms with Gasteiger partial charge in [0.2, 0.25) is 11.4 Å². The van der Waals surface area contributed by atoms with Gasteiger partial charge in [0.15, 0.2) is 5.82 Å². The van der Waals surface area contributed by atoms with Gasteiger partial charge < -0.3 is 14.1 Å². The van der Waals surface area contributed by atoms with Crippen LogP contribution in [-0.4, -0.2) is 42.5 Å². The number of nitrogens with zero attached hydrogens (tertiary/aromatic N) is 4. The van der Waals surface area contributed by atoms with E-state index in [1.807, 2.05) is 17.5 Å². The molecule has 1 N–H and O–H groups in total. The molecule has 29 heavy (non-hydrogen) atoms. The van der Waals surface area contributed by atoms with Crippen molar-refractivity contribution in [3.8, 4) is 0 Å². The molecule has 146 valence electrons. The van der Waals surface area contributed by atoms with Gasteiger partial charge in [0.05, 0.1) is 40.6 Å². The summed E-state index contributed by atoms with van der Waals surface area (Å²) >= 11 is 1.61. The van der Waals surface area contributed by atoms with Crippen LogP contribution in [0.4, 0.5) is 11.8 Å². The third-order valence-corrected chi connectivity index (χ3v) is 5.57. The van der Waals surface area contributed by atoms with Crippen LogP contribution < -0.4 is 15.8 Å². The number of aromatic nitrogens is 2. The maximum Gasteiger partial charge on any atom is 0.246 e. The predicted octanol–water partition coefficient (Wildman–Crippen LogP) is 3.08. The van der Waals surface area contributed by atoms with Crippen molar-refractivity contribution >= 4 is 50.5 Å². The SMILES string of the molecule is O=c1c(/C=N/Nc2nc(N3CCOCC3)c3sccc3n2)coc2ccccc12. The number of hydrogen-bond donors (Lipinski definition) is 1. The fourth-order valence-electron chi connectivity index (χ4n) is 3.23. The van der Waals surface area contributed by atoms with E-state index in [0.717, 1.165) is 29.1 Å². The number of para-hydroxylation sites is 1. The second-order valence-corrected chi connectivity index (χ2v) is 7.41. The molecule has 0 radical (unpaired) electrons. The Morgan fingerprint density at radius 3 is 2.93 bits per heavy atom. The number of morpholine rings is 1. The molecular weight excluding hydrogens is 390 g/mol. The molecule has 0 aliphatic carbocycles. The number of anilines is 2. The van der Waals surface area contributed by atoms with E-state index in [-0.39, 0.29) is 5.43 Å². The Bertz CT molecular complexity index is 1260.